The summed E-state index contributed by atoms with van der Waals surface area (Å²) in [7, 11) is 0. The summed E-state index contributed by atoms with van der Waals surface area (Å²) in [6, 6.07) is 7.98. The molecule has 0 aliphatic carbocycles. The highest BCUT2D eigenvalue weighted by atomic mass is 16.5. The first-order chi connectivity index (χ1) is 9.83. The van der Waals surface area contributed by atoms with E-state index < -0.39 is 0 Å². The number of hydrogen-bond acceptors (Lipinski definition) is 2. The minimum Gasteiger partial charge on any atom is -0.493 e. The molecule has 0 fully saturated rings. The molecule has 0 bridgehead atoms. The first-order valence-corrected chi connectivity index (χ1v) is 8.07. The zero-order chi connectivity index (χ0) is 14.2. The van der Waals surface area contributed by atoms with Gasteiger partial charge in [0, 0.05) is 17.9 Å². The molecular weight excluding hydrogens is 248 g/mol. The molecule has 1 aliphatic heterocycles. The Morgan fingerprint density at radius 2 is 1.90 bits per heavy atom. The Labute approximate surface area is 122 Å². The summed E-state index contributed by atoms with van der Waals surface area (Å²) in [5.74, 6) is 1.37. The van der Waals surface area contributed by atoms with Crippen LogP contribution in [0.15, 0.2) is 24.3 Å². The lowest BCUT2D eigenvalue weighted by Crippen LogP contribution is -2.21. The van der Waals surface area contributed by atoms with Gasteiger partial charge in [0.25, 0.3) is 0 Å². The van der Waals surface area contributed by atoms with Crippen molar-refractivity contribution < 1.29 is 9.53 Å². The van der Waals surface area contributed by atoms with Gasteiger partial charge < -0.3 is 4.74 Å². The number of hydrogen-bond donors (Lipinski definition) is 0. The van der Waals surface area contributed by atoms with Gasteiger partial charge in [0.2, 0.25) is 0 Å². The smallest absolute Gasteiger partial charge is 0.140 e. The summed E-state index contributed by atoms with van der Waals surface area (Å²) >= 11 is 0. The fraction of sp³-hybridized carbons (Fsp3) is 0.611. The summed E-state index contributed by atoms with van der Waals surface area (Å²) in [6.45, 7) is 2.90. The third-order valence-corrected chi connectivity index (χ3v) is 4.12. The van der Waals surface area contributed by atoms with Crippen molar-refractivity contribution in [2.75, 3.05) is 6.61 Å². The Kier molecular flexibility index (Phi) is 6.10. The van der Waals surface area contributed by atoms with E-state index in [1.807, 2.05) is 24.3 Å². The third-order valence-electron chi connectivity index (χ3n) is 4.12. The fourth-order valence-corrected chi connectivity index (χ4v) is 2.93. The number of fused-ring (bicyclic) bond motifs is 1. The number of carbonyl (C=O) groups excluding carboxylic acids is 1. The summed E-state index contributed by atoms with van der Waals surface area (Å²) in [6.07, 6.45) is 8.98. The van der Waals surface area contributed by atoms with E-state index in [0.29, 0.717) is 12.4 Å². The lowest BCUT2D eigenvalue weighted by molar-refractivity contribution is -0.121. The van der Waals surface area contributed by atoms with Gasteiger partial charge in [-0.15, -0.1) is 0 Å². The van der Waals surface area contributed by atoms with Crippen molar-refractivity contribution in [2.24, 2.45) is 0 Å². The standard InChI is InChI=1S/C18H26O2/c1-2-3-4-5-6-7-11-17(19)15-13-14-20-18-12-9-8-10-16(15)18/h8-10,12,15H,2-7,11,13-14H2,1H3. The molecule has 1 atom stereocenters. The molecular formula is C18H26O2. The normalized spacial score (nSPS) is 17.4. The highest BCUT2D eigenvalue weighted by Gasteiger charge is 2.26. The van der Waals surface area contributed by atoms with Crippen molar-refractivity contribution in [3.8, 4) is 5.75 Å². The number of ketones is 1. The third kappa shape index (κ3) is 4.09. The number of unbranched alkanes of at least 4 members (excludes halogenated alkanes) is 5. The molecule has 2 nitrogen and oxygen atoms in total. The Morgan fingerprint density at radius 1 is 1.15 bits per heavy atom. The molecule has 110 valence electrons. The first kappa shape index (κ1) is 15.1. The molecule has 1 aromatic rings. The van der Waals surface area contributed by atoms with Crippen molar-refractivity contribution in [3.63, 3.8) is 0 Å². The number of rotatable bonds is 8. The van der Waals surface area contributed by atoms with Crippen LogP contribution in [0.1, 0.15) is 69.8 Å². The number of ether oxygens (including phenoxy) is 1. The van der Waals surface area contributed by atoms with E-state index in [2.05, 4.69) is 6.92 Å². The van der Waals surface area contributed by atoms with E-state index in [1.54, 1.807) is 0 Å². The predicted molar refractivity (Wildman–Crippen MR) is 82.3 cm³/mol. The van der Waals surface area contributed by atoms with Crippen molar-refractivity contribution in [2.45, 2.75) is 64.2 Å². The Balaban J connectivity index is 1.79. The predicted octanol–water partition coefficient (Wildman–Crippen LogP) is 4.87. The lowest BCUT2D eigenvalue weighted by Gasteiger charge is -2.24. The SMILES string of the molecule is CCCCCCCCC(=O)C1CCOc2ccccc21. The monoisotopic (exact) mass is 274 g/mol. The lowest BCUT2D eigenvalue weighted by atomic mass is 9.87. The van der Waals surface area contributed by atoms with Crippen LogP contribution >= 0.6 is 0 Å². The van der Waals surface area contributed by atoms with E-state index in [1.165, 1.54) is 32.1 Å². The second-order valence-corrected chi connectivity index (χ2v) is 5.71. The molecule has 0 radical (unpaired) electrons. The van der Waals surface area contributed by atoms with E-state index in [4.69, 9.17) is 4.74 Å². The average Bonchev–Trinajstić information content (AvgIpc) is 2.50. The molecule has 1 aromatic carbocycles. The van der Waals surface area contributed by atoms with Gasteiger partial charge in [-0.1, -0.05) is 57.2 Å². The van der Waals surface area contributed by atoms with Crippen molar-refractivity contribution in [1.82, 2.24) is 0 Å². The second kappa shape index (κ2) is 8.08. The van der Waals surface area contributed by atoms with Gasteiger partial charge in [-0.25, -0.2) is 0 Å². The number of para-hydroxylation sites is 1. The van der Waals surface area contributed by atoms with Crippen LogP contribution in [0.25, 0.3) is 0 Å². The topological polar surface area (TPSA) is 26.3 Å². The summed E-state index contributed by atoms with van der Waals surface area (Å²) < 4.78 is 5.62. The van der Waals surface area contributed by atoms with Gasteiger partial charge in [-0.2, -0.15) is 0 Å². The minimum atomic E-state index is 0.0654. The van der Waals surface area contributed by atoms with E-state index in [-0.39, 0.29) is 5.92 Å². The molecule has 0 saturated carbocycles. The number of Topliss-reactive ketones (excluding diaryl/α,β-unsaturated/α-hetero) is 1. The van der Waals surface area contributed by atoms with Gasteiger partial charge >= 0.3 is 0 Å². The average molecular weight is 274 g/mol. The van der Waals surface area contributed by atoms with Crippen LogP contribution in [0.3, 0.4) is 0 Å². The molecule has 2 rings (SSSR count). The summed E-state index contributed by atoms with van der Waals surface area (Å²) in [5, 5.41) is 0. The van der Waals surface area contributed by atoms with Gasteiger partial charge in [0.15, 0.2) is 0 Å². The van der Waals surface area contributed by atoms with Crippen LogP contribution in [-0.4, -0.2) is 12.4 Å². The van der Waals surface area contributed by atoms with Gasteiger partial charge in [-0.3, -0.25) is 4.79 Å². The maximum atomic E-state index is 12.4. The summed E-state index contributed by atoms with van der Waals surface area (Å²) in [4.78, 5) is 12.4. The fourth-order valence-electron chi connectivity index (χ4n) is 2.93. The van der Waals surface area contributed by atoms with Crippen LogP contribution in [0.2, 0.25) is 0 Å². The Bertz CT molecular complexity index is 425. The molecule has 1 heterocycles. The Hall–Kier alpha value is -1.31. The van der Waals surface area contributed by atoms with Crippen LogP contribution in [0, 0.1) is 0 Å². The maximum absolute atomic E-state index is 12.4. The molecule has 2 heteroatoms. The largest absolute Gasteiger partial charge is 0.493 e. The quantitative estimate of drug-likeness (QED) is 0.632. The van der Waals surface area contributed by atoms with Crippen LogP contribution in [0.5, 0.6) is 5.75 Å². The molecule has 20 heavy (non-hydrogen) atoms. The van der Waals surface area contributed by atoms with Crippen molar-refractivity contribution >= 4 is 5.78 Å². The highest BCUT2D eigenvalue weighted by molar-refractivity contribution is 5.86. The molecule has 1 aliphatic rings. The van der Waals surface area contributed by atoms with E-state index in [9.17, 15) is 4.79 Å². The van der Waals surface area contributed by atoms with Crippen LogP contribution in [0.4, 0.5) is 0 Å². The number of carbonyl (C=O) groups is 1. The Morgan fingerprint density at radius 3 is 2.75 bits per heavy atom. The van der Waals surface area contributed by atoms with E-state index in [0.717, 1.165) is 30.6 Å². The molecule has 0 aromatic heterocycles. The molecule has 0 amide bonds. The molecule has 0 N–H and O–H groups in total. The van der Waals surface area contributed by atoms with Crippen molar-refractivity contribution in [3.05, 3.63) is 29.8 Å². The minimum absolute atomic E-state index is 0.0654. The highest BCUT2D eigenvalue weighted by Crippen LogP contribution is 2.34. The van der Waals surface area contributed by atoms with Gasteiger partial charge in [-0.05, 0) is 18.9 Å². The number of benzene rings is 1. The zero-order valence-corrected chi connectivity index (χ0v) is 12.6. The zero-order valence-electron chi connectivity index (χ0n) is 12.6. The molecule has 0 saturated heterocycles. The van der Waals surface area contributed by atoms with Crippen LogP contribution < -0.4 is 4.74 Å². The first-order valence-electron chi connectivity index (χ1n) is 8.07. The van der Waals surface area contributed by atoms with Crippen LogP contribution in [-0.2, 0) is 4.79 Å². The molecule has 1 unspecified atom stereocenters. The summed E-state index contributed by atoms with van der Waals surface area (Å²) in [5.41, 5.74) is 1.09. The van der Waals surface area contributed by atoms with Gasteiger partial charge in [0.1, 0.15) is 11.5 Å². The van der Waals surface area contributed by atoms with Crippen molar-refractivity contribution in [1.29, 1.82) is 0 Å². The maximum Gasteiger partial charge on any atom is 0.140 e. The molecule has 0 spiro atoms. The van der Waals surface area contributed by atoms with Gasteiger partial charge in [0.05, 0.1) is 6.61 Å². The van der Waals surface area contributed by atoms with E-state index >= 15 is 0 Å². The second-order valence-electron chi connectivity index (χ2n) is 5.71.